The number of rotatable bonds is 7. The van der Waals surface area contributed by atoms with Crippen molar-refractivity contribution in [1.29, 1.82) is 0 Å². The van der Waals surface area contributed by atoms with Crippen LogP contribution in [0.1, 0.15) is 33.8 Å². The lowest BCUT2D eigenvalue weighted by atomic mass is 9.94. The predicted octanol–water partition coefficient (Wildman–Crippen LogP) is 4.60. The van der Waals surface area contributed by atoms with Gasteiger partial charge in [-0.05, 0) is 60.7 Å². The summed E-state index contributed by atoms with van der Waals surface area (Å²) < 4.78 is 5.49. The number of carbonyl (C=O) groups excluding carboxylic acids is 2. The van der Waals surface area contributed by atoms with Gasteiger partial charge < -0.3 is 14.2 Å². The minimum atomic E-state index is 0.0235. The topological polar surface area (TPSA) is 53.8 Å². The fraction of sp³-hybridized carbons (Fsp3) is 0.304. The largest absolute Gasteiger partial charge is 0.467 e. The minimum Gasteiger partial charge on any atom is -0.467 e. The zero-order valence-electron chi connectivity index (χ0n) is 16.2. The third-order valence-corrected chi connectivity index (χ3v) is 6.26. The van der Waals surface area contributed by atoms with Crippen LogP contribution in [0.3, 0.4) is 0 Å². The monoisotopic (exact) mass is 408 g/mol. The van der Waals surface area contributed by atoms with Crippen LogP contribution in [0, 0.1) is 5.92 Å². The molecule has 1 aliphatic rings. The van der Waals surface area contributed by atoms with Crippen molar-refractivity contribution in [3.8, 4) is 0 Å². The SMILES string of the molecule is O=Cc1ccc(N2CCC(C(=O)N(Cc3ccco3)Cc3cccs3)CC2)cc1. The van der Waals surface area contributed by atoms with Crippen molar-refractivity contribution >= 4 is 29.2 Å². The number of benzene rings is 1. The highest BCUT2D eigenvalue weighted by molar-refractivity contribution is 7.09. The fourth-order valence-corrected chi connectivity index (χ4v) is 4.52. The molecule has 1 aliphatic heterocycles. The molecule has 1 fully saturated rings. The molecule has 6 heteroatoms. The van der Waals surface area contributed by atoms with E-state index in [0.29, 0.717) is 18.7 Å². The smallest absolute Gasteiger partial charge is 0.226 e. The Bertz CT molecular complexity index is 875. The van der Waals surface area contributed by atoms with E-state index in [0.717, 1.165) is 43.7 Å². The number of thiophene rings is 1. The molecule has 3 aromatic rings. The Kier molecular flexibility index (Phi) is 6.10. The van der Waals surface area contributed by atoms with Gasteiger partial charge in [0.05, 0.1) is 19.4 Å². The summed E-state index contributed by atoms with van der Waals surface area (Å²) in [5.74, 6) is 1.03. The molecule has 1 aromatic carbocycles. The zero-order chi connectivity index (χ0) is 20.1. The van der Waals surface area contributed by atoms with Gasteiger partial charge in [0.25, 0.3) is 0 Å². The molecule has 5 nitrogen and oxygen atoms in total. The van der Waals surface area contributed by atoms with Crippen LogP contribution in [-0.4, -0.2) is 30.2 Å². The Morgan fingerprint density at radius 1 is 1.10 bits per heavy atom. The van der Waals surface area contributed by atoms with Crippen LogP contribution >= 0.6 is 11.3 Å². The van der Waals surface area contributed by atoms with E-state index in [1.807, 2.05) is 52.7 Å². The maximum absolute atomic E-state index is 13.3. The predicted molar refractivity (Wildman–Crippen MR) is 114 cm³/mol. The van der Waals surface area contributed by atoms with E-state index in [1.54, 1.807) is 17.6 Å². The fourth-order valence-electron chi connectivity index (χ4n) is 3.80. The van der Waals surface area contributed by atoms with Crippen molar-refractivity contribution in [2.24, 2.45) is 5.92 Å². The molecule has 0 saturated carbocycles. The van der Waals surface area contributed by atoms with Gasteiger partial charge in [-0.25, -0.2) is 0 Å². The average Bonchev–Trinajstić information content (AvgIpc) is 3.47. The van der Waals surface area contributed by atoms with E-state index in [9.17, 15) is 9.59 Å². The van der Waals surface area contributed by atoms with Crippen LogP contribution in [-0.2, 0) is 17.9 Å². The van der Waals surface area contributed by atoms with E-state index in [4.69, 9.17) is 4.42 Å². The van der Waals surface area contributed by atoms with E-state index in [1.165, 1.54) is 4.88 Å². The van der Waals surface area contributed by atoms with Gasteiger partial charge in [0, 0.05) is 35.1 Å². The number of piperidine rings is 1. The summed E-state index contributed by atoms with van der Waals surface area (Å²) in [7, 11) is 0. The van der Waals surface area contributed by atoms with Gasteiger partial charge in [-0.15, -0.1) is 11.3 Å². The second-order valence-electron chi connectivity index (χ2n) is 7.32. The molecule has 2 aromatic heterocycles. The number of hydrogen-bond donors (Lipinski definition) is 0. The highest BCUT2D eigenvalue weighted by Gasteiger charge is 2.29. The lowest BCUT2D eigenvalue weighted by Crippen LogP contribution is -2.42. The summed E-state index contributed by atoms with van der Waals surface area (Å²) in [6.45, 7) is 2.79. The van der Waals surface area contributed by atoms with E-state index < -0.39 is 0 Å². The molecule has 3 heterocycles. The van der Waals surface area contributed by atoms with Gasteiger partial charge in [0.15, 0.2) is 0 Å². The summed E-state index contributed by atoms with van der Waals surface area (Å²) in [4.78, 5) is 29.5. The summed E-state index contributed by atoms with van der Waals surface area (Å²) in [5.41, 5.74) is 1.79. The van der Waals surface area contributed by atoms with Crippen LogP contribution in [0.4, 0.5) is 5.69 Å². The van der Waals surface area contributed by atoms with Gasteiger partial charge in [0.2, 0.25) is 5.91 Å². The van der Waals surface area contributed by atoms with Crippen molar-refractivity contribution in [3.63, 3.8) is 0 Å². The minimum absolute atomic E-state index is 0.0235. The van der Waals surface area contributed by atoms with Crippen LogP contribution in [0.15, 0.2) is 64.6 Å². The first kappa shape index (κ1) is 19.5. The van der Waals surface area contributed by atoms with Crippen molar-refractivity contribution in [2.75, 3.05) is 18.0 Å². The number of nitrogens with zero attached hydrogens (tertiary/aromatic N) is 2. The molecule has 0 N–H and O–H groups in total. The molecular formula is C23H24N2O3S. The summed E-state index contributed by atoms with van der Waals surface area (Å²) in [6.07, 6.45) is 4.16. The van der Waals surface area contributed by atoms with Crippen LogP contribution < -0.4 is 4.90 Å². The lowest BCUT2D eigenvalue weighted by Gasteiger charge is -2.35. The number of furan rings is 1. The zero-order valence-corrected chi connectivity index (χ0v) is 17.0. The summed E-state index contributed by atoms with van der Waals surface area (Å²) >= 11 is 1.67. The molecule has 1 amide bonds. The molecule has 0 aliphatic carbocycles. The molecule has 0 spiro atoms. The molecule has 0 radical (unpaired) electrons. The number of amides is 1. The van der Waals surface area contributed by atoms with Crippen LogP contribution in [0.5, 0.6) is 0 Å². The Morgan fingerprint density at radius 3 is 2.52 bits per heavy atom. The Hall–Kier alpha value is -2.86. The summed E-state index contributed by atoms with van der Waals surface area (Å²) in [5, 5.41) is 2.04. The third-order valence-electron chi connectivity index (χ3n) is 5.40. The molecule has 1 saturated heterocycles. The Morgan fingerprint density at radius 2 is 1.90 bits per heavy atom. The molecule has 4 rings (SSSR count). The number of carbonyl (C=O) groups is 2. The quantitative estimate of drug-likeness (QED) is 0.536. The number of anilines is 1. The van der Waals surface area contributed by atoms with Crippen molar-refractivity contribution in [2.45, 2.75) is 25.9 Å². The second kappa shape index (κ2) is 9.09. The first-order valence-corrected chi connectivity index (χ1v) is 10.7. The molecule has 0 atom stereocenters. The first-order chi connectivity index (χ1) is 14.2. The normalized spacial score (nSPS) is 14.7. The lowest BCUT2D eigenvalue weighted by molar-refractivity contribution is -0.137. The second-order valence-corrected chi connectivity index (χ2v) is 8.36. The van der Waals surface area contributed by atoms with E-state index in [-0.39, 0.29) is 11.8 Å². The summed E-state index contributed by atoms with van der Waals surface area (Å²) in [6, 6.07) is 15.5. The standard InChI is InChI=1S/C23H24N2O3S/c26-17-18-5-7-20(8-6-18)24-11-9-19(10-12-24)23(27)25(15-21-3-1-13-28-21)16-22-4-2-14-29-22/h1-8,13-14,17,19H,9-12,15-16H2. The molecule has 29 heavy (non-hydrogen) atoms. The van der Waals surface area contributed by atoms with Crippen molar-refractivity contribution < 1.29 is 14.0 Å². The molecule has 150 valence electrons. The Labute approximate surface area is 174 Å². The third kappa shape index (κ3) is 4.77. The van der Waals surface area contributed by atoms with Gasteiger partial charge in [-0.3, -0.25) is 9.59 Å². The van der Waals surface area contributed by atoms with Gasteiger partial charge in [-0.1, -0.05) is 6.07 Å². The van der Waals surface area contributed by atoms with Crippen molar-refractivity contribution in [1.82, 2.24) is 4.90 Å². The van der Waals surface area contributed by atoms with Gasteiger partial charge in [0.1, 0.15) is 12.0 Å². The molecule has 0 bridgehead atoms. The van der Waals surface area contributed by atoms with E-state index in [2.05, 4.69) is 11.0 Å². The van der Waals surface area contributed by atoms with Gasteiger partial charge in [-0.2, -0.15) is 0 Å². The molecule has 0 unspecified atom stereocenters. The van der Waals surface area contributed by atoms with E-state index >= 15 is 0 Å². The van der Waals surface area contributed by atoms with Crippen molar-refractivity contribution in [3.05, 3.63) is 76.4 Å². The highest BCUT2D eigenvalue weighted by atomic mass is 32.1. The maximum Gasteiger partial charge on any atom is 0.226 e. The number of hydrogen-bond acceptors (Lipinski definition) is 5. The molecular weight excluding hydrogens is 384 g/mol. The maximum atomic E-state index is 13.3. The number of aldehydes is 1. The van der Waals surface area contributed by atoms with Gasteiger partial charge >= 0.3 is 0 Å². The van der Waals surface area contributed by atoms with Crippen LogP contribution in [0.2, 0.25) is 0 Å². The average molecular weight is 409 g/mol. The van der Waals surface area contributed by atoms with Crippen LogP contribution in [0.25, 0.3) is 0 Å². The Balaban J connectivity index is 1.40. The first-order valence-electron chi connectivity index (χ1n) is 9.86. The highest BCUT2D eigenvalue weighted by Crippen LogP contribution is 2.26.